The summed E-state index contributed by atoms with van der Waals surface area (Å²) in [5.41, 5.74) is 1.49. The number of ether oxygens (including phenoxy) is 1. The molecule has 1 N–H and O–H groups in total. The second kappa shape index (κ2) is 10.0. The van der Waals surface area contributed by atoms with Crippen molar-refractivity contribution in [2.45, 2.75) is 20.4 Å². The van der Waals surface area contributed by atoms with E-state index in [2.05, 4.69) is 20.3 Å². The molecular weight excluding hydrogens is 449 g/mol. The average molecular weight is 474 g/mol. The molecule has 1 fully saturated rings. The van der Waals surface area contributed by atoms with E-state index in [9.17, 15) is 18.0 Å². The lowest BCUT2D eigenvalue weighted by Crippen LogP contribution is -2.51. The molecule has 0 radical (unpaired) electrons. The molecular formula is C23H25F3N6O2. The molecule has 34 heavy (non-hydrogen) atoms. The van der Waals surface area contributed by atoms with Crippen LogP contribution in [-0.4, -0.2) is 58.5 Å². The molecule has 0 bridgehead atoms. The monoisotopic (exact) mass is 474 g/mol. The van der Waals surface area contributed by atoms with Crippen LogP contribution in [0.2, 0.25) is 0 Å². The van der Waals surface area contributed by atoms with Gasteiger partial charge in [-0.3, -0.25) is 0 Å². The Labute approximate surface area is 194 Å². The third-order valence-corrected chi connectivity index (χ3v) is 5.53. The van der Waals surface area contributed by atoms with E-state index in [0.29, 0.717) is 50.4 Å². The van der Waals surface area contributed by atoms with Gasteiger partial charge in [0, 0.05) is 56.1 Å². The zero-order valence-electron chi connectivity index (χ0n) is 18.9. The first-order chi connectivity index (χ1) is 16.4. The number of aryl methyl sites for hydroxylation is 1. The lowest BCUT2D eigenvalue weighted by molar-refractivity contribution is 0.193. The molecule has 180 valence electrons. The van der Waals surface area contributed by atoms with Crippen LogP contribution in [0.15, 0.2) is 36.7 Å². The summed E-state index contributed by atoms with van der Waals surface area (Å²) in [6.07, 6.45) is 1.63. The number of piperazine rings is 1. The fourth-order valence-corrected chi connectivity index (χ4v) is 3.81. The number of nitrogens with zero attached hydrogens (tertiary/aromatic N) is 5. The first-order valence-electron chi connectivity index (χ1n) is 10.9. The number of nitrogens with one attached hydrogen (secondary N) is 1. The van der Waals surface area contributed by atoms with Gasteiger partial charge in [-0.15, -0.1) is 0 Å². The SMILES string of the molecule is CCOc1cc(N2CCN(C(=O)NCc3cc(F)cc(F)c3F)CC2)ccc1-n1cnc(C)n1. The number of hydrogen-bond acceptors (Lipinski definition) is 5. The summed E-state index contributed by atoms with van der Waals surface area (Å²) in [5.74, 6) is -2.01. The Kier molecular flexibility index (Phi) is 6.90. The molecule has 2 aromatic carbocycles. The predicted molar refractivity (Wildman–Crippen MR) is 120 cm³/mol. The van der Waals surface area contributed by atoms with Crippen LogP contribution < -0.4 is 15.0 Å². The zero-order chi connectivity index (χ0) is 24.2. The Morgan fingerprint density at radius 3 is 2.56 bits per heavy atom. The van der Waals surface area contributed by atoms with E-state index < -0.39 is 23.5 Å². The van der Waals surface area contributed by atoms with Crippen molar-refractivity contribution in [3.8, 4) is 11.4 Å². The summed E-state index contributed by atoms with van der Waals surface area (Å²) in [5, 5.41) is 6.88. The van der Waals surface area contributed by atoms with Crippen LogP contribution in [0.1, 0.15) is 18.3 Å². The van der Waals surface area contributed by atoms with E-state index in [1.807, 2.05) is 32.0 Å². The Balaban J connectivity index is 1.37. The fraction of sp³-hybridized carbons (Fsp3) is 0.348. The van der Waals surface area contributed by atoms with Gasteiger partial charge in [-0.1, -0.05) is 0 Å². The topological polar surface area (TPSA) is 75.5 Å². The number of anilines is 1. The molecule has 1 aromatic heterocycles. The summed E-state index contributed by atoms with van der Waals surface area (Å²) in [6.45, 7) is 5.92. The number of hydrogen-bond donors (Lipinski definition) is 1. The van der Waals surface area contributed by atoms with E-state index in [1.54, 1.807) is 15.9 Å². The van der Waals surface area contributed by atoms with Crippen LogP contribution in [0.5, 0.6) is 5.75 Å². The molecule has 11 heteroatoms. The molecule has 0 aliphatic carbocycles. The number of halogens is 3. The van der Waals surface area contributed by atoms with Crippen LogP contribution in [0.4, 0.5) is 23.7 Å². The zero-order valence-corrected chi connectivity index (χ0v) is 18.9. The Bertz CT molecular complexity index is 1180. The van der Waals surface area contributed by atoms with Crippen molar-refractivity contribution in [3.63, 3.8) is 0 Å². The average Bonchev–Trinajstić information content (AvgIpc) is 3.26. The maximum atomic E-state index is 13.8. The number of carbonyl (C=O) groups is 1. The molecule has 1 aliphatic rings. The highest BCUT2D eigenvalue weighted by molar-refractivity contribution is 5.74. The first-order valence-corrected chi connectivity index (χ1v) is 10.9. The van der Waals surface area contributed by atoms with Crippen LogP contribution in [0.25, 0.3) is 5.69 Å². The third-order valence-electron chi connectivity index (χ3n) is 5.53. The van der Waals surface area contributed by atoms with Crippen molar-refractivity contribution in [1.82, 2.24) is 25.0 Å². The maximum Gasteiger partial charge on any atom is 0.317 e. The van der Waals surface area contributed by atoms with Crippen LogP contribution in [0.3, 0.4) is 0 Å². The normalized spacial score (nSPS) is 13.8. The molecule has 2 amide bonds. The minimum atomic E-state index is -1.28. The van der Waals surface area contributed by atoms with Gasteiger partial charge >= 0.3 is 6.03 Å². The van der Waals surface area contributed by atoms with Crippen molar-refractivity contribution in [2.24, 2.45) is 0 Å². The molecule has 1 aliphatic heterocycles. The van der Waals surface area contributed by atoms with E-state index in [1.165, 1.54) is 0 Å². The van der Waals surface area contributed by atoms with E-state index in [-0.39, 0.29) is 12.1 Å². The van der Waals surface area contributed by atoms with E-state index >= 15 is 0 Å². The van der Waals surface area contributed by atoms with Gasteiger partial charge in [0.15, 0.2) is 11.6 Å². The second-order valence-corrected chi connectivity index (χ2v) is 7.81. The Morgan fingerprint density at radius 2 is 1.88 bits per heavy atom. The highest BCUT2D eigenvalue weighted by atomic mass is 19.2. The number of rotatable bonds is 6. The van der Waals surface area contributed by atoms with Crippen molar-refractivity contribution in [2.75, 3.05) is 37.7 Å². The van der Waals surface area contributed by atoms with Crippen molar-refractivity contribution in [3.05, 3.63) is 65.5 Å². The number of carbonyl (C=O) groups excluding carboxylic acids is 1. The van der Waals surface area contributed by atoms with Crippen LogP contribution in [-0.2, 0) is 6.54 Å². The van der Waals surface area contributed by atoms with E-state index in [4.69, 9.17) is 4.74 Å². The van der Waals surface area contributed by atoms with Crippen molar-refractivity contribution in [1.29, 1.82) is 0 Å². The van der Waals surface area contributed by atoms with Crippen molar-refractivity contribution < 1.29 is 22.7 Å². The molecule has 0 unspecified atom stereocenters. The van der Waals surface area contributed by atoms with Gasteiger partial charge in [-0.25, -0.2) is 27.6 Å². The number of amides is 2. The molecule has 2 heterocycles. The molecule has 0 atom stereocenters. The molecule has 3 aromatic rings. The summed E-state index contributed by atoms with van der Waals surface area (Å²) < 4.78 is 48.0. The summed E-state index contributed by atoms with van der Waals surface area (Å²) in [6, 6.07) is 6.74. The standard InChI is InChI=1S/C23H25F3N6O2/c1-3-34-21-12-18(4-5-20(21)32-14-28-15(2)29-32)30-6-8-31(9-7-30)23(33)27-13-16-10-17(24)11-19(25)22(16)26/h4-5,10-12,14H,3,6-9,13H2,1-2H3,(H,27,33). The lowest BCUT2D eigenvalue weighted by atomic mass is 10.2. The highest BCUT2D eigenvalue weighted by Gasteiger charge is 2.23. The number of benzene rings is 2. The quantitative estimate of drug-likeness (QED) is 0.554. The van der Waals surface area contributed by atoms with Gasteiger partial charge < -0.3 is 19.9 Å². The Hall–Kier alpha value is -3.76. The lowest BCUT2D eigenvalue weighted by Gasteiger charge is -2.36. The minimum absolute atomic E-state index is 0.240. The molecule has 0 spiro atoms. The van der Waals surface area contributed by atoms with Crippen molar-refractivity contribution >= 4 is 11.7 Å². The van der Waals surface area contributed by atoms with Gasteiger partial charge in [0.2, 0.25) is 0 Å². The summed E-state index contributed by atoms with van der Waals surface area (Å²) in [7, 11) is 0. The van der Waals surface area contributed by atoms with Gasteiger partial charge in [-0.2, -0.15) is 5.10 Å². The largest absolute Gasteiger partial charge is 0.492 e. The van der Waals surface area contributed by atoms with Crippen LogP contribution in [0, 0.1) is 24.4 Å². The molecule has 0 saturated carbocycles. The smallest absolute Gasteiger partial charge is 0.317 e. The number of aromatic nitrogens is 3. The summed E-state index contributed by atoms with van der Waals surface area (Å²) in [4.78, 5) is 20.4. The molecule has 4 rings (SSSR count). The predicted octanol–water partition coefficient (Wildman–Crippen LogP) is 3.42. The maximum absolute atomic E-state index is 13.8. The number of urea groups is 1. The first kappa shape index (κ1) is 23.4. The Morgan fingerprint density at radius 1 is 1.12 bits per heavy atom. The fourth-order valence-electron chi connectivity index (χ4n) is 3.81. The van der Waals surface area contributed by atoms with Gasteiger partial charge in [-0.05, 0) is 32.0 Å². The van der Waals surface area contributed by atoms with Crippen LogP contribution >= 0.6 is 0 Å². The van der Waals surface area contributed by atoms with Gasteiger partial charge in [0.05, 0.1) is 6.61 Å². The molecule has 8 nitrogen and oxygen atoms in total. The highest BCUT2D eigenvalue weighted by Crippen LogP contribution is 2.29. The van der Waals surface area contributed by atoms with Gasteiger partial charge in [0.25, 0.3) is 0 Å². The summed E-state index contributed by atoms with van der Waals surface area (Å²) >= 11 is 0. The molecule has 1 saturated heterocycles. The second-order valence-electron chi connectivity index (χ2n) is 7.81. The minimum Gasteiger partial charge on any atom is -0.492 e. The van der Waals surface area contributed by atoms with E-state index in [0.717, 1.165) is 17.4 Å². The third kappa shape index (κ3) is 5.08. The van der Waals surface area contributed by atoms with Gasteiger partial charge in [0.1, 0.15) is 29.4 Å².